The lowest BCUT2D eigenvalue weighted by atomic mass is 9.83. The van der Waals surface area contributed by atoms with Crippen LogP contribution in [0, 0.1) is 5.92 Å². The van der Waals surface area contributed by atoms with Gasteiger partial charge in [0.15, 0.2) is 0 Å². The minimum atomic E-state index is 0.820. The zero-order valence-electron chi connectivity index (χ0n) is 8.59. The molecule has 0 bridgehead atoms. The molecular weight excluding hydrogens is 178 g/mol. The van der Waals surface area contributed by atoms with Gasteiger partial charge in [0.25, 0.3) is 0 Å². The van der Waals surface area contributed by atoms with Crippen LogP contribution in [0.4, 0.5) is 0 Å². The fraction of sp³-hybridized carbons (Fsp3) is 1.00. The van der Waals surface area contributed by atoms with E-state index in [4.69, 9.17) is 0 Å². The molecule has 76 valence electrons. The zero-order chi connectivity index (χ0) is 9.10. The average Bonchev–Trinajstić information content (AvgIpc) is 2.42. The van der Waals surface area contributed by atoms with Gasteiger partial charge in [-0.05, 0) is 25.3 Å². The second-order valence-electron chi connectivity index (χ2n) is 4.62. The molecule has 0 aromatic heterocycles. The number of hydrogen-bond donors (Lipinski definition) is 1. The minimum absolute atomic E-state index is 0.820. The number of hydrogen-bond acceptors (Lipinski definition) is 2. The van der Waals surface area contributed by atoms with Crippen LogP contribution in [-0.2, 0) is 0 Å². The molecule has 1 nitrogen and oxygen atoms in total. The molecule has 0 aromatic carbocycles. The Balaban J connectivity index is 1.52. The van der Waals surface area contributed by atoms with Crippen molar-refractivity contribution in [2.75, 3.05) is 12.3 Å². The van der Waals surface area contributed by atoms with Gasteiger partial charge in [0, 0.05) is 17.0 Å². The van der Waals surface area contributed by atoms with Gasteiger partial charge in [-0.15, -0.1) is 0 Å². The Labute approximate surface area is 86.0 Å². The topological polar surface area (TPSA) is 12.0 Å². The molecule has 2 rings (SSSR count). The van der Waals surface area contributed by atoms with E-state index in [0.717, 1.165) is 17.2 Å². The van der Waals surface area contributed by atoms with Crippen molar-refractivity contribution < 1.29 is 0 Å². The number of nitrogens with one attached hydrogen (secondary N) is 1. The maximum Gasteiger partial charge on any atom is 0.0168 e. The third kappa shape index (κ3) is 2.88. The first-order valence-corrected chi connectivity index (χ1v) is 6.74. The molecule has 2 unspecified atom stereocenters. The largest absolute Gasteiger partial charge is 0.313 e. The molecule has 0 spiro atoms. The molecule has 13 heavy (non-hydrogen) atoms. The molecule has 1 saturated heterocycles. The molecule has 1 aliphatic carbocycles. The summed E-state index contributed by atoms with van der Waals surface area (Å²) in [4.78, 5) is 0. The van der Waals surface area contributed by atoms with Gasteiger partial charge in [0.2, 0.25) is 0 Å². The summed E-state index contributed by atoms with van der Waals surface area (Å²) in [7, 11) is 0. The third-order valence-corrected chi connectivity index (χ3v) is 4.77. The highest BCUT2D eigenvalue weighted by Crippen LogP contribution is 2.29. The maximum absolute atomic E-state index is 3.69. The Morgan fingerprint density at radius 3 is 2.77 bits per heavy atom. The highest BCUT2D eigenvalue weighted by atomic mass is 32.2. The Kier molecular flexibility index (Phi) is 3.56. The molecule has 2 aliphatic rings. The van der Waals surface area contributed by atoms with E-state index in [1.54, 1.807) is 0 Å². The van der Waals surface area contributed by atoms with E-state index >= 15 is 0 Å². The predicted octanol–water partition coefficient (Wildman–Crippen LogP) is 2.66. The van der Waals surface area contributed by atoms with Crippen LogP contribution in [0.25, 0.3) is 0 Å². The van der Waals surface area contributed by atoms with Crippen molar-refractivity contribution in [1.29, 1.82) is 0 Å². The standard InChI is InChI=1S/C11H21NS/c1-9-7-11(8-13-9)12-6-5-10-3-2-4-10/h9-12H,2-8H2,1H3. The molecule has 1 saturated carbocycles. The Bertz CT molecular complexity index is 156. The van der Waals surface area contributed by atoms with E-state index in [-0.39, 0.29) is 0 Å². The first kappa shape index (κ1) is 9.85. The molecule has 2 atom stereocenters. The van der Waals surface area contributed by atoms with Crippen LogP contribution in [0.15, 0.2) is 0 Å². The highest BCUT2D eigenvalue weighted by molar-refractivity contribution is 8.00. The second-order valence-corrected chi connectivity index (χ2v) is 6.09. The van der Waals surface area contributed by atoms with Crippen molar-refractivity contribution in [3.8, 4) is 0 Å². The predicted molar refractivity (Wildman–Crippen MR) is 60.3 cm³/mol. The molecule has 1 N–H and O–H groups in total. The molecule has 0 amide bonds. The third-order valence-electron chi connectivity index (χ3n) is 3.41. The second kappa shape index (κ2) is 4.70. The lowest BCUT2D eigenvalue weighted by Crippen LogP contribution is -2.31. The normalized spacial score (nSPS) is 34.8. The lowest BCUT2D eigenvalue weighted by Gasteiger charge is -2.25. The summed E-state index contributed by atoms with van der Waals surface area (Å²) in [6.07, 6.45) is 7.29. The van der Waals surface area contributed by atoms with Crippen molar-refractivity contribution in [3.63, 3.8) is 0 Å². The van der Waals surface area contributed by atoms with Gasteiger partial charge in [-0.25, -0.2) is 0 Å². The minimum Gasteiger partial charge on any atom is -0.313 e. The van der Waals surface area contributed by atoms with Gasteiger partial charge in [-0.1, -0.05) is 26.2 Å². The van der Waals surface area contributed by atoms with E-state index in [1.165, 1.54) is 44.4 Å². The highest BCUT2D eigenvalue weighted by Gasteiger charge is 2.22. The van der Waals surface area contributed by atoms with E-state index in [1.807, 2.05) is 0 Å². The lowest BCUT2D eigenvalue weighted by molar-refractivity contribution is 0.288. The Morgan fingerprint density at radius 1 is 1.38 bits per heavy atom. The van der Waals surface area contributed by atoms with Crippen LogP contribution >= 0.6 is 11.8 Å². The van der Waals surface area contributed by atoms with Crippen molar-refractivity contribution in [2.24, 2.45) is 5.92 Å². The van der Waals surface area contributed by atoms with Gasteiger partial charge in [-0.2, -0.15) is 11.8 Å². The number of rotatable bonds is 4. The zero-order valence-corrected chi connectivity index (χ0v) is 9.41. The van der Waals surface area contributed by atoms with Crippen molar-refractivity contribution in [2.45, 2.75) is 50.3 Å². The summed E-state index contributed by atoms with van der Waals surface area (Å²) in [5.74, 6) is 2.41. The van der Waals surface area contributed by atoms with Gasteiger partial charge in [0.05, 0.1) is 0 Å². The van der Waals surface area contributed by atoms with Crippen molar-refractivity contribution in [3.05, 3.63) is 0 Å². The van der Waals surface area contributed by atoms with Crippen molar-refractivity contribution in [1.82, 2.24) is 5.32 Å². The molecular formula is C11H21NS. The summed E-state index contributed by atoms with van der Waals surface area (Å²) >= 11 is 2.12. The number of thioether (sulfide) groups is 1. The van der Waals surface area contributed by atoms with Gasteiger partial charge in [0.1, 0.15) is 0 Å². The van der Waals surface area contributed by atoms with Gasteiger partial charge >= 0.3 is 0 Å². The van der Waals surface area contributed by atoms with Gasteiger partial charge in [-0.3, -0.25) is 0 Å². The van der Waals surface area contributed by atoms with E-state index in [9.17, 15) is 0 Å². The van der Waals surface area contributed by atoms with Gasteiger partial charge < -0.3 is 5.32 Å². The molecule has 2 fully saturated rings. The monoisotopic (exact) mass is 199 g/mol. The first-order valence-electron chi connectivity index (χ1n) is 5.69. The van der Waals surface area contributed by atoms with Crippen LogP contribution in [0.5, 0.6) is 0 Å². The molecule has 2 heteroatoms. The smallest absolute Gasteiger partial charge is 0.0168 e. The quantitative estimate of drug-likeness (QED) is 0.747. The summed E-state index contributed by atoms with van der Waals surface area (Å²) in [6.45, 7) is 3.61. The van der Waals surface area contributed by atoms with Crippen molar-refractivity contribution >= 4 is 11.8 Å². The summed E-state index contributed by atoms with van der Waals surface area (Å²) in [6, 6.07) is 0.820. The molecule has 1 aliphatic heterocycles. The van der Waals surface area contributed by atoms with E-state index in [0.29, 0.717) is 0 Å². The van der Waals surface area contributed by atoms with Crippen LogP contribution in [0.3, 0.4) is 0 Å². The maximum atomic E-state index is 3.69. The van der Waals surface area contributed by atoms with Crippen LogP contribution < -0.4 is 5.32 Å². The Morgan fingerprint density at radius 2 is 2.23 bits per heavy atom. The van der Waals surface area contributed by atoms with Crippen LogP contribution in [-0.4, -0.2) is 23.6 Å². The summed E-state index contributed by atoms with van der Waals surface area (Å²) in [5, 5.41) is 4.58. The SMILES string of the molecule is CC1CC(NCCC2CCC2)CS1. The van der Waals surface area contributed by atoms with Crippen LogP contribution in [0.2, 0.25) is 0 Å². The fourth-order valence-electron chi connectivity index (χ4n) is 2.23. The fourth-order valence-corrected chi connectivity index (χ4v) is 3.42. The summed E-state index contributed by atoms with van der Waals surface area (Å²) < 4.78 is 0. The van der Waals surface area contributed by atoms with E-state index < -0.39 is 0 Å². The molecule has 1 heterocycles. The summed E-state index contributed by atoms with van der Waals surface area (Å²) in [5.41, 5.74) is 0. The Hall–Kier alpha value is 0.310. The molecule has 0 aromatic rings. The average molecular weight is 199 g/mol. The molecule has 0 radical (unpaired) electrons. The first-order chi connectivity index (χ1) is 6.34. The van der Waals surface area contributed by atoms with Crippen LogP contribution in [0.1, 0.15) is 39.0 Å². The van der Waals surface area contributed by atoms with E-state index in [2.05, 4.69) is 24.0 Å².